The third-order valence-electron chi connectivity index (χ3n) is 3.93. The maximum absolute atomic E-state index is 12.6. The fourth-order valence-corrected chi connectivity index (χ4v) is 2.73. The predicted molar refractivity (Wildman–Crippen MR) is 70.8 cm³/mol. The van der Waals surface area contributed by atoms with E-state index in [0.717, 1.165) is 31.5 Å². The van der Waals surface area contributed by atoms with Gasteiger partial charge in [-0.2, -0.15) is 0 Å². The van der Waals surface area contributed by atoms with E-state index in [1.165, 1.54) is 6.40 Å². The third kappa shape index (κ3) is 1.99. The summed E-state index contributed by atoms with van der Waals surface area (Å²) in [6, 6.07) is 3.26. The van der Waals surface area contributed by atoms with Crippen LogP contribution in [0, 0.1) is 0 Å². The highest BCUT2D eigenvalue weighted by molar-refractivity contribution is 5.86. The average Bonchev–Trinajstić information content (AvgIpc) is 3.09. The number of rotatable bonds is 2. The molecule has 0 unspecified atom stereocenters. The number of hydrogen-bond donors (Lipinski definition) is 0. The Kier molecular flexibility index (Phi) is 2.97. The highest BCUT2D eigenvalue weighted by Gasteiger charge is 2.47. The van der Waals surface area contributed by atoms with Gasteiger partial charge < -0.3 is 9.64 Å². The molecule has 0 N–H and O–H groups in total. The van der Waals surface area contributed by atoms with E-state index in [-0.39, 0.29) is 5.91 Å². The molecule has 19 heavy (non-hydrogen) atoms. The maximum Gasteiger partial charge on any atom is 0.252 e. The molecule has 1 aromatic rings. The molecule has 5 nitrogen and oxygen atoms in total. The summed E-state index contributed by atoms with van der Waals surface area (Å²) < 4.78 is 5.65. The summed E-state index contributed by atoms with van der Waals surface area (Å²) in [4.78, 5) is 22.7. The van der Waals surface area contributed by atoms with Crippen LogP contribution in [0.1, 0.15) is 25.3 Å². The zero-order valence-electron chi connectivity index (χ0n) is 11.0. The zero-order chi connectivity index (χ0) is 13.3. The topological polar surface area (TPSA) is 54.8 Å². The Morgan fingerprint density at radius 2 is 2.05 bits per heavy atom. The van der Waals surface area contributed by atoms with E-state index in [1.54, 1.807) is 12.4 Å². The summed E-state index contributed by atoms with van der Waals surface area (Å²) >= 11 is 0. The van der Waals surface area contributed by atoms with Crippen LogP contribution in [-0.2, 0) is 15.1 Å². The van der Waals surface area contributed by atoms with Crippen LogP contribution in [0.3, 0.4) is 0 Å². The highest BCUT2D eigenvalue weighted by atomic mass is 16.5. The Morgan fingerprint density at radius 3 is 2.74 bits per heavy atom. The summed E-state index contributed by atoms with van der Waals surface area (Å²) in [6.07, 6.45) is 6.97. The molecule has 3 heterocycles. The monoisotopic (exact) mass is 259 g/mol. The summed E-state index contributed by atoms with van der Waals surface area (Å²) in [6.45, 7) is 3.57. The number of aliphatic imine (C=N–C) groups is 1. The van der Waals surface area contributed by atoms with Crippen LogP contribution < -0.4 is 0 Å². The van der Waals surface area contributed by atoms with Gasteiger partial charge in [-0.3, -0.25) is 9.78 Å². The lowest BCUT2D eigenvalue weighted by Gasteiger charge is -2.31. The smallest absolute Gasteiger partial charge is 0.252 e. The quantitative estimate of drug-likeness (QED) is 0.805. The Labute approximate surface area is 112 Å². The first-order chi connectivity index (χ1) is 9.22. The number of ether oxygens (including phenoxy) is 1. The largest absolute Gasteiger partial charge is 0.470 e. The Morgan fingerprint density at radius 1 is 1.37 bits per heavy atom. The number of pyridine rings is 1. The molecule has 2 aliphatic heterocycles. The number of amides is 1. The van der Waals surface area contributed by atoms with Gasteiger partial charge in [-0.15, -0.1) is 0 Å². The minimum Gasteiger partial charge on any atom is -0.470 e. The van der Waals surface area contributed by atoms with Crippen molar-refractivity contribution in [3.8, 4) is 0 Å². The molecule has 1 fully saturated rings. The Balaban J connectivity index is 1.88. The van der Waals surface area contributed by atoms with Crippen molar-refractivity contribution >= 4 is 12.3 Å². The van der Waals surface area contributed by atoms with Gasteiger partial charge in [-0.25, -0.2) is 4.99 Å². The van der Waals surface area contributed by atoms with Crippen LogP contribution in [0.2, 0.25) is 0 Å². The van der Waals surface area contributed by atoms with E-state index >= 15 is 0 Å². The fourth-order valence-electron chi connectivity index (χ4n) is 2.73. The van der Waals surface area contributed by atoms with Gasteiger partial charge in [-0.1, -0.05) is 0 Å². The van der Waals surface area contributed by atoms with Crippen molar-refractivity contribution in [3.63, 3.8) is 0 Å². The molecule has 100 valence electrons. The number of carbonyl (C=O) groups is 1. The Bertz CT molecular complexity index is 497. The minimum absolute atomic E-state index is 0.0607. The van der Waals surface area contributed by atoms with Crippen molar-refractivity contribution < 1.29 is 9.53 Å². The van der Waals surface area contributed by atoms with Gasteiger partial charge in [-0.05, 0) is 31.9 Å². The molecule has 0 aromatic carbocycles. The van der Waals surface area contributed by atoms with Crippen molar-refractivity contribution in [2.75, 3.05) is 13.1 Å². The molecule has 2 aliphatic rings. The number of hydrogen-bond acceptors (Lipinski definition) is 4. The minimum atomic E-state index is -0.720. The number of likely N-dealkylation sites (tertiary alicyclic amines) is 1. The van der Waals surface area contributed by atoms with E-state index in [9.17, 15) is 4.79 Å². The van der Waals surface area contributed by atoms with Gasteiger partial charge in [0, 0.05) is 31.0 Å². The van der Waals surface area contributed by atoms with Crippen molar-refractivity contribution in [2.45, 2.75) is 31.4 Å². The molecule has 1 amide bonds. The van der Waals surface area contributed by atoms with Crippen molar-refractivity contribution in [2.24, 2.45) is 4.99 Å². The summed E-state index contributed by atoms with van der Waals surface area (Å²) in [5.41, 5.74) is 0.209. The second-order valence-corrected chi connectivity index (χ2v) is 5.15. The number of carbonyl (C=O) groups excluding carboxylic acids is 1. The normalized spacial score (nSPS) is 29.5. The SMILES string of the molecule is C[C@@]1(c2ccncc2)OC=N[C@@H]1C(=O)N1CCCC1. The van der Waals surface area contributed by atoms with Crippen LogP contribution in [0.25, 0.3) is 0 Å². The second-order valence-electron chi connectivity index (χ2n) is 5.15. The second kappa shape index (κ2) is 4.64. The molecule has 5 heteroatoms. The van der Waals surface area contributed by atoms with E-state index in [0.29, 0.717) is 0 Å². The average molecular weight is 259 g/mol. The molecular weight excluding hydrogens is 242 g/mol. The summed E-state index contributed by atoms with van der Waals surface area (Å²) in [5.74, 6) is 0.0607. The van der Waals surface area contributed by atoms with Gasteiger partial charge in [0.1, 0.15) is 0 Å². The van der Waals surface area contributed by atoms with Crippen LogP contribution in [-0.4, -0.2) is 41.3 Å². The maximum atomic E-state index is 12.6. The van der Waals surface area contributed by atoms with Gasteiger partial charge >= 0.3 is 0 Å². The molecule has 0 saturated carbocycles. The third-order valence-corrected chi connectivity index (χ3v) is 3.93. The van der Waals surface area contributed by atoms with Crippen LogP contribution in [0.15, 0.2) is 29.5 Å². The first-order valence-corrected chi connectivity index (χ1v) is 6.60. The van der Waals surface area contributed by atoms with E-state index < -0.39 is 11.6 Å². The highest BCUT2D eigenvalue weighted by Crippen LogP contribution is 2.35. The molecule has 0 bridgehead atoms. The van der Waals surface area contributed by atoms with Gasteiger partial charge in [0.25, 0.3) is 5.91 Å². The number of aromatic nitrogens is 1. The number of nitrogens with zero attached hydrogens (tertiary/aromatic N) is 3. The summed E-state index contributed by atoms with van der Waals surface area (Å²) in [5, 5.41) is 0. The fraction of sp³-hybridized carbons (Fsp3) is 0.500. The first kappa shape index (κ1) is 12.1. The molecule has 3 rings (SSSR count). The molecule has 0 aliphatic carbocycles. The van der Waals surface area contributed by atoms with E-state index in [2.05, 4.69) is 9.98 Å². The molecule has 2 atom stereocenters. The van der Waals surface area contributed by atoms with Crippen molar-refractivity contribution in [1.82, 2.24) is 9.88 Å². The predicted octanol–water partition coefficient (Wildman–Crippen LogP) is 1.35. The lowest BCUT2D eigenvalue weighted by molar-refractivity contribution is -0.135. The molecule has 0 spiro atoms. The van der Waals surface area contributed by atoms with E-state index in [1.807, 2.05) is 24.0 Å². The van der Waals surface area contributed by atoms with Crippen LogP contribution in [0.5, 0.6) is 0 Å². The van der Waals surface area contributed by atoms with Crippen molar-refractivity contribution in [3.05, 3.63) is 30.1 Å². The Hall–Kier alpha value is -1.91. The molecule has 1 saturated heterocycles. The molecule has 0 radical (unpaired) electrons. The van der Waals surface area contributed by atoms with Gasteiger partial charge in [0.15, 0.2) is 18.0 Å². The molecular formula is C14H17N3O2. The summed E-state index contributed by atoms with van der Waals surface area (Å²) in [7, 11) is 0. The lowest BCUT2D eigenvalue weighted by Crippen LogP contribution is -2.46. The van der Waals surface area contributed by atoms with Crippen molar-refractivity contribution in [1.29, 1.82) is 0 Å². The van der Waals surface area contributed by atoms with Crippen LogP contribution in [0.4, 0.5) is 0 Å². The molecule has 1 aromatic heterocycles. The first-order valence-electron chi connectivity index (χ1n) is 6.60. The lowest BCUT2D eigenvalue weighted by atomic mass is 9.88. The van der Waals surface area contributed by atoms with Crippen LogP contribution >= 0.6 is 0 Å². The standard InChI is InChI=1S/C14H17N3O2/c1-14(11-4-6-15-7-5-11)12(16-10-19-14)13(18)17-8-2-3-9-17/h4-7,10,12H,2-3,8-9H2,1H3/t12-,14+/m1/s1. The zero-order valence-corrected chi connectivity index (χ0v) is 11.0. The van der Waals surface area contributed by atoms with E-state index in [4.69, 9.17) is 4.74 Å². The van der Waals surface area contributed by atoms with Gasteiger partial charge in [0.2, 0.25) is 0 Å². The van der Waals surface area contributed by atoms with Gasteiger partial charge in [0.05, 0.1) is 0 Å².